The first-order valence-corrected chi connectivity index (χ1v) is 6.58. The van der Waals surface area contributed by atoms with E-state index in [9.17, 15) is 8.78 Å². The maximum Gasteiger partial charge on any atom is 0.150 e. The lowest BCUT2D eigenvalue weighted by Crippen LogP contribution is -2.39. The molecule has 0 radical (unpaired) electrons. The molecule has 5 heteroatoms. The number of hydrogen-bond acceptors (Lipinski definition) is 2. The van der Waals surface area contributed by atoms with Gasteiger partial charge in [0.2, 0.25) is 0 Å². The molecule has 1 saturated heterocycles. The van der Waals surface area contributed by atoms with Gasteiger partial charge in [0.05, 0.1) is 5.69 Å². The Morgan fingerprint density at radius 1 is 1.35 bits per heavy atom. The first-order chi connectivity index (χ1) is 8.16. The van der Waals surface area contributed by atoms with Gasteiger partial charge in [0.15, 0.2) is 0 Å². The lowest BCUT2D eigenvalue weighted by Gasteiger charge is -2.24. The Balaban J connectivity index is 1.98. The van der Waals surface area contributed by atoms with Crippen molar-refractivity contribution in [2.24, 2.45) is 0 Å². The van der Waals surface area contributed by atoms with Gasteiger partial charge >= 0.3 is 0 Å². The van der Waals surface area contributed by atoms with Crippen molar-refractivity contribution in [3.05, 3.63) is 28.2 Å². The molecular weight excluding hydrogens is 290 g/mol. The number of piperidine rings is 1. The van der Waals surface area contributed by atoms with E-state index in [1.807, 2.05) is 0 Å². The number of nitrogens with one attached hydrogen (secondary N) is 2. The SMILES string of the molecule is Fc1cc(F)c(NCC2CCCCN2)c(Br)c1. The third-order valence-electron chi connectivity index (χ3n) is 2.94. The number of benzene rings is 1. The fourth-order valence-electron chi connectivity index (χ4n) is 2.03. The summed E-state index contributed by atoms with van der Waals surface area (Å²) in [7, 11) is 0. The van der Waals surface area contributed by atoms with Gasteiger partial charge in [-0.1, -0.05) is 6.42 Å². The van der Waals surface area contributed by atoms with Gasteiger partial charge in [-0.25, -0.2) is 8.78 Å². The Labute approximate surface area is 108 Å². The maximum absolute atomic E-state index is 13.5. The average molecular weight is 305 g/mol. The summed E-state index contributed by atoms with van der Waals surface area (Å²) in [5.41, 5.74) is 0.332. The fourth-order valence-corrected chi connectivity index (χ4v) is 2.58. The summed E-state index contributed by atoms with van der Waals surface area (Å²) in [5, 5.41) is 6.39. The summed E-state index contributed by atoms with van der Waals surface area (Å²) in [6.45, 7) is 1.67. The second-order valence-corrected chi connectivity index (χ2v) is 5.13. The van der Waals surface area contributed by atoms with Crippen LogP contribution in [0, 0.1) is 11.6 Å². The Bertz CT molecular complexity index is 369. The minimum Gasteiger partial charge on any atom is -0.380 e. The van der Waals surface area contributed by atoms with E-state index in [4.69, 9.17) is 0 Å². The molecule has 1 unspecified atom stereocenters. The van der Waals surface area contributed by atoms with E-state index in [-0.39, 0.29) is 0 Å². The number of halogens is 3. The predicted octanol–water partition coefficient (Wildman–Crippen LogP) is 3.28. The lowest BCUT2D eigenvalue weighted by atomic mass is 10.1. The van der Waals surface area contributed by atoms with Gasteiger partial charge in [0, 0.05) is 23.1 Å². The number of anilines is 1. The molecule has 1 fully saturated rings. The van der Waals surface area contributed by atoms with Crippen LogP contribution in [-0.2, 0) is 0 Å². The van der Waals surface area contributed by atoms with Crippen LogP contribution in [0.3, 0.4) is 0 Å². The Hall–Kier alpha value is -0.680. The highest BCUT2D eigenvalue weighted by atomic mass is 79.9. The van der Waals surface area contributed by atoms with Crippen LogP contribution in [0.1, 0.15) is 19.3 Å². The van der Waals surface area contributed by atoms with Crippen LogP contribution < -0.4 is 10.6 Å². The zero-order chi connectivity index (χ0) is 12.3. The second-order valence-electron chi connectivity index (χ2n) is 4.27. The molecule has 94 valence electrons. The average Bonchev–Trinajstić information content (AvgIpc) is 2.29. The van der Waals surface area contributed by atoms with E-state index >= 15 is 0 Å². The van der Waals surface area contributed by atoms with Crippen LogP contribution in [0.2, 0.25) is 0 Å². The highest BCUT2D eigenvalue weighted by Crippen LogP contribution is 2.27. The fraction of sp³-hybridized carbons (Fsp3) is 0.500. The van der Waals surface area contributed by atoms with E-state index in [0.29, 0.717) is 22.7 Å². The third-order valence-corrected chi connectivity index (χ3v) is 3.57. The van der Waals surface area contributed by atoms with Crippen molar-refractivity contribution in [1.82, 2.24) is 5.32 Å². The van der Waals surface area contributed by atoms with E-state index in [0.717, 1.165) is 19.0 Å². The number of hydrogen-bond donors (Lipinski definition) is 2. The van der Waals surface area contributed by atoms with Crippen molar-refractivity contribution >= 4 is 21.6 Å². The molecule has 1 aromatic carbocycles. The van der Waals surface area contributed by atoms with Crippen LogP contribution in [0.5, 0.6) is 0 Å². The van der Waals surface area contributed by atoms with Crippen molar-refractivity contribution < 1.29 is 8.78 Å². The highest BCUT2D eigenvalue weighted by molar-refractivity contribution is 9.10. The minimum atomic E-state index is -0.573. The number of rotatable bonds is 3. The minimum absolute atomic E-state index is 0.332. The normalized spacial score (nSPS) is 20.3. The molecule has 0 saturated carbocycles. The molecule has 0 aromatic heterocycles. The molecule has 0 amide bonds. The molecule has 1 aliphatic rings. The van der Waals surface area contributed by atoms with Crippen LogP contribution in [-0.4, -0.2) is 19.1 Å². The Kier molecular flexibility index (Phi) is 4.34. The van der Waals surface area contributed by atoms with E-state index < -0.39 is 11.6 Å². The molecule has 0 spiro atoms. The third kappa shape index (κ3) is 3.39. The van der Waals surface area contributed by atoms with Crippen LogP contribution in [0.4, 0.5) is 14.5 Å². The van der Waals surface area contributed by atoms with E-state index in [1.54, 1.807) is 0 Å². The van der Waals surface area contributed by atoms with Crippen molar-refractivity contribution in [3.8, 4) is 0 Å². The van der Waals surface area contributed by atoms with Gasteiger partial charge in [-0.3, -0.25) is 0 Å². The first kappa shape index (κ1) is 12.8. The van der Waals surface area contributed by atoms with Crippen molar-refractivity contribution in [2.75, 3.05) is 18.4 Å². The Morgan fingerprint density at radius 2 is 2.18 bits per heavy atom. The van der Waals surface area contributed by atoms with Crippen molar-refractivity contribution in [3.63, 3.8) is 0 Å². The standard InChI is InChI=1S/C12H15BrF2N2/c13-10-5-8(14)6-11(15)12(10)17-7-9-3-1-2-4-16-9/h5-6,9,16-17H,1-4,7H2. The predicted molar refractivity (Wildman–Crippen MR) is 68.2 cm³/mol. The first-order valence-electron chi connectivity index (χ1n) is 5.78. The summed E-state index contributed by atoms with van der Waals surface area (Å²) < 4.78 is 26.8. The largest absolute Gasteiger partial charge is 0.380 e. The molecule has 2 rings (SSSR count). The second kappa shape index (κ2) is 5.78. The summed E-state index contributed by atoms with van der Waals surface area (Å²) in [5.74, 6) is -1.14. The molecule has 1 heterocycles. The molecular formula is C12H15BrF2N2. The summed E-state index contributed by atoms with van der Waals surface area (Å²) in [6, 6.07) is 2.52. The summed E-state index contributed by atoms with van der Waals surface area (Å²) in [4.78, 5) is 0. The zero-order valence-corrected chi connectivity index (χ0v) is 11.0. The van der Waals surface area contributed by atoms with Gasteiger partial charge in [0.25, 0.3) is 0 Å². The smallest absolute Gasteiger partial charge is 0.150 e. The topological polar surface area (TPSA) is 24.1 Å². The summed E-state index contributed by atoms with van der Waals surface area (Å²) >= 11 is 3.16. The van der Waals surface area contributed by atoms with Crippen LogP contribution >= 0.6 is 15.9 Å². The molecule has 2 N–H and O–H groups in total. The van der Waals surface area contributed by atoms with Crippen molar-refractivity contribution in [2.45, 2.75) is 25.3 Å². The van der Waals surface area contributed by atoms with Gasteiger partial charge in [-0.2, -0.15) is 0 Å². The molecule has 1 atom stereocenters. The van der Waals surface area contributed by atoms with E-state index in [2.05, 4.69) is 26.6 Å². The highest BCUT2D eigenvalue weighted by Gasteiger charge is 2.14. The Morgan fingerprint density at radius 3 is 2.82 bits per heavy atom. The molecule has 0 bridgehead atoms. The molecule has 0 aliphatic carbocycles. The molecule has 1 aliphatic heterocycles. The maximum atomic E-state index is 13.5. The molecule has 1 aromatic rings. The zero-order valence-electron chi connectivity index (χ0n) is 9.40. The molecule has 17 heavy (non-hydrogen) atoms. The summed E-state index contributed by atoms with van der Waals surface area (Å²) in [6.07, 6.45) is 3.49. The van der Waals surface area contributed by atoms with Gasteiger partial charge in [-0.05, 0) is 41.4 Å². The monoisotopic (exact) mass is 304 g/mol. The van der Waals surface area contributed by atoms with Crippen molar-refractivity contribution in [1.29, 1.82) is 0 Å². The molecule has 2 nitrogen and oxygen atoms in total. The quantitative estimate of drug-likeness (QED) is 0.895. The van der Waals surface area contributed by atoms with Crippen LogP contribution in [0.15, 0.2) is 16.6 Å². The van der Waals surface area contributed by atoms with Gasteiger partial charge < -0.3 is 10.6 Å². The van der Waals surface area contributed by atoms with E-state index in [1.165, 1.54) is 18.9 Å². The lowest BCUT2D eigenvalue weighted by molar-refractivity contribution is 0.413. The van der Waals surface area contributed by atoms with Gasteiger partial charge in [-0.15, -0.1) is 0 Å². The van der Waals surface area contributed by atoms with Gasteiger partial charge in [0.1, 0.15) is 11.6 Å². The van der Waals surface area contributed by atoms with Crippen LogP contribution in [0.25, 0.3) is 0 Å².